The van der Waals surface area contributed by atoms with Gasteiger partial charge in [-0.05, 0) is 39.5 Å². The van der Waals surface area contributed by atoms with Crippen LogP contribution >= 0.6 is 0 Å². The van der Waals surface area contributed by atoms with E-state index in [0.717, 1.165) is 18.2 Å². The van der Waals surface area contributed by atoms with Crippen molar-refractivity contribution in [2.45, 2.75) is 46.2 Å². The van der Waals surface area contributed by atoms with E-state index in [4.69, 9.17) is 5.73 Å². The van der Waals surface area contributed by atoms with Crippen LogP contribution in [0.15, 0.2) is 0 Å². The van der Waals surface area contributed by atoms with Gasteiger partial charge in [-0.1, -0.05) is 0 Å². The minimum atomic E-state index is 0.1000. The molecule has 1 aromatic rings. The van der Waals surface area contributed by atoms with E-state index in [1.165, 1.54) is 24.1 Å². The molecule has 3 nitrogen and oxygen atoms in total. The molecule has 0 saturated heterocycles. The summed E-state index contributed by atoms with van der Waals surface area (Å²) in [6.07, 6.45) is 2.73. The highest BCUT2D eigenvalue weighted by Gasteiger charge is 2.24. The standard InChI is InChI=1S/C11H19N3/c1-7(12)11-8(2)13-14(9(11)3)6-10-4-5-10/h7,10H,4-6,12H2,1-3H3. The Bertz CT molecular complexity index is 335. The van der Waals surface area contributed by atoms with Gasteiger partial charge in [-0.2, -0.15) is 5.10 Å². The summed E-state index contributed by atoms with van der Waals surface area (Å²) in [7, 11) is 0. The molecule has 1 aliphatic carbocycles. The van der Waals surface area contributed by atoms with Crippen LogP contribution in [0.3, 0.4) is 0 Å². The van der Waals surface area contributed by atoms with Crippen molar-refractivity contribution < 1.29 is 0 Å². The van der Waals surface area contributed by atoms with Gasteiger partial charge in [-0.15, -0.1) is 0 Å². The molecule has 14 heavy (non-hydrogen) atoms. The third kappa shape index (κ3) is 1.69. The summed E-state index contributed by atoms with van der Waals surface area (Å²) >= 11 is 0. The summed E-state index contributed by atoms with van der Waals surface area (Å²) in [6, 6.07) is 0.1000. The first-order valence-electron chi connectivity index (χ1n) is 5.39. The Morgan fingerprint density at radius 1 is 1.50 bits per heavy atom. The van der Waals surface area contributed by atoms with Crippen molar-refractivity contribution in [2.75, 3.05) is 0 Å². The lowest BCUT2D eigenvalue weighted by molar-refractivity contribution is 0.545. The van der Waals surface area contributed by atoms with Gasteiger partial charge in [0.15, 0.2) is 0 Å². The van der Waals surface area contributed by atoms with Crippen LogP contribution in [0.1, 0.15) is 42.8 Å². The maximum atomic E-state index is 5.92. The maximum absolute atomic E-state index is 5.92. The highest BCUT2D eigenvalue weighted by atomic mass is 15.3. The average molecular weight is 193 g/mol. The van der Waals surface area contributed by atoms with Crippen LogP contribution in [0, 0.1) is 19.8 Å². The van der Waals surface area contributed by atoms with E-state index in [1.54, 1.807) is 0 Å². The SMILES string of the molecule is Cc1nn(CC2CC2)c(C)c1C(C)N. The minimum Gasteiger partial charge on any atom is -0.324 e. The number of nitrogens with two attached hydrogens (primary N) is 1. The number of hydrogen-bond acceptors (Lipinski definition) is 2. The van der Waals surface area contributed by atoms with Crippen molar-refractivity contribution in [1.29, 1.82) is 0 Å². The molecule has 78 valence electrons. The first-order chi connectivity index (χ1) is 6.59. The number of nitrogens with zero attached hydrogens (tertiary/aromatic N) is 2. The fourth-order valence-corrected chi connectivity index (χ4v) is 2.09. The third-order valence-electron chi connectivity index (χ3n) is 3.02. The molecule has 1 heterocycles. The molecule has 2 rings (SSSR count). The first-order valence-corrected chi connectivity index (χ1v) is 5.39. The molecule has 2 N–H and O–H groups in total. The quantitative estimate of drug-likeness (QED) is 0.797. The molecule has 0 bridgehead atoms. The Labute approximate surface area is 85.3 Å². The smallest absolute Gasteiger partial charge is 0.0644 e. The summed E-state index contributed by atoms with van der Waals surface area (Å²) in [5, 5.41) is 4.55. The molecule has 1 aromatic heterocycles. The molecule has 0 spiro atoms. The topological polar surface area (TPSA) is 43.8 Å². The molecule has 1 fully saturated rings. The Kier molecular flexibility index (Phi) is 2.35. The third-order valence-corrected chi connectivity index (χ3v) is 3.02. The van der Waals surface area contributed by atoms with E-state index >= 15 is 0 Å². The van der Waals surface area contributed by atoms with Gasteiger partial charge < -0.3 is 5.73 Å². The summed E-state index contributed by atoms with van der Waals surface area (Å²) in [5.74, 6) is 0.869. The van der Waals surface area contributed by atoms with Crippen molar-refractivity contribution in [3.05, 3.63) is 17.0 Å². The van der Waals surface area contributed by atoms with E-state index < -0.39 is 0 Å². The first kappa shape index (κ1) is 9.71. The van der Waals surface area contributed by atoms with E-state index in [9.17, 15) is 0 Å². The zero-order valence-electron chi connectivity index (χ0n) is 9.25. The van der Waals surface area contributed by atoms with Gasteiger partial charge >= 0.3 is 0 Å². The van der Waals surface area contributed by atoms with Crippen LogP contribution in [0.25, 0.3) is 0 Å². The predicted molar refractivity (Wildman–Crippen MR) is 57.0 cm³/mol. The number of aromatic nitrogens is 2. The zero-order valence-corrected chi connectivity index (χ0v) is 9.25. The van der Waals surface area contributed by atoms with Gasteiger partial charge in [-0.3, -0.25) is 4.68 Å². The van der Waals surface area contributed by atoms with Gasteiger partial charge in [0.25, 0.3) is 0 Å². The van der Waals surface area contributed by atoms with Crippen molar-refractivity contribution in [2.24, 2.45) is 11.7 Å². The largest absolute Gasteiger partial charge is 0.324 e. The molecular formula is C11H19N3. The number of aryl methyl sites for hydroxylation is 1. The Morgan fingerprint density at radius 3 is 2.57 bits per heavy atom. The predicted octanol–water partition coefficient (Wildman–Crippen LogP) is 1.93. The van der Waals surface area contributed by atoms with Gasteiger partial charge in [0, 0.05) is 23.8 Å². The fourth-order valence-electron chi connectivity index (χ4n) is 2.09. The van der Waals surface area contributed by atoms with Crippen LogP contribution in [0.4, 0.5) is 0 Å². The van der Waals surface area contributed by atoms with Gasteiger partial charge in [0.2, 0.25) is 0 Å². The zero-order chi connectivity index (χ0) is 10.3. The lowest BCUT2D eigenvalue weighted by Gasteiger charge is -2.06. The molecule has 1 aliphatic rings. The van der Waals surface area contributed by atoms with Gasteiger partial charge in [-0.25, -0.2) is 0 Å². The summed E-state index contributed by atoms with van der Waals surface area (Å²) in [5.41, 5.74) is 9.50. The average Bonchev–Trinajstić information content (AvgIpc) is 2.81. The number of hydrogen-bond donors (Lipinski definition) is 1. The Hall–Kier alpha value is -0.830. The van der Waals surface area contributed by atoms with E-state index in [0.29, 0.717) is 0 Å². The van der Waals surface area contributed by atoms with Crippen LogP contribution in [-0.2, 0) is 6.54 Å². The number of rotatable bonds is 3. The Morgan fingerprint density at radius 2 is 2.14 bits per heavy atom. The normalized spacial score (nSPS) is 18.6. The molecule has 3 heteroatoms. The van der Waals surface area contributed by atoms with Crippen LogP contribution in [0.5, 0.6) is 0 Å². The minimum absolute atomic E-state index is 0.1000. The summed E-state index contributed by atoms with van der Waals surface area (Å²) in [4.78, 5) is 0. The highest BCUT2D eigenvalue weighted by molar-refractivity contribution is 5.27. The van der Waals surface area contributed by atoms with E-state index in [-0.39, 0.29) is 6.04 Å². The van der Waals surface area contributed by atoms with Crippen molar-refractivity contribution >= 4 is 0 Å². The Balaban J connectivity index is 2.27. The molecular weight excluding hydrogens is 174 g/mol. The van der Waals surface area contributed by atoms with Crippen LogP contribution < -0.4 is 5.73 Å². The second kappa shape index (κ2) is 3.39. The molecule has 0 aliphatic heterocycles. The summed E-state index contributed by atoms with van der Waals surface area (Å²) < 4.78 is 2.13. The molecule has 1 unspecified atom stereocenters. The van der Waals surface area contributed by atoms with Crippen LogP contribution in [-0.4, -0.2) is 9.78 Å². The molecule has 1 saturated carbocycles. The van der Waals surface area contributed by atoms with Crippen molar-refractivity contribution in [3.63, 3.8) is 0 Å². The monoisotopic (exact) mass is 193 g/mol. The molecule has 0 aromatic carbocycles. The molecule has 1 atom stereocenters. The van der Waals surface area contributed by atoms with Crippen molar-refractivity contribution in [1.82, 2.24) is 9.78 Å². The second-order valence-corrected chi connectivity index (χ2v) is 4.50. The fraction of sp³-hybridized carbons (Fsp3) is 0.727. The van der Waals surface area contributed by atoms with Gasteiger partial charge in [0.05, 0.1) is 5.69 Å². The lowest BCUT2D eigenvalue weighted by Crippen LogP contribution is -2.09. The van der Waals surface area contributed by atoms with Crippen LogP contribution in [0.2, 0.25) is 0 Å². The van der Waals surface area contributed by atoms with Gasteiger partial charge in [0.1, 0.15) is 0 Å². The highest BCUT2D eigenvalue weighted by Crippen LogP contribution is 2.31. The van der Waals surface area contributed by atoms with Crippen molar-refractivity contribution in [3.8, 4) is 0 Å². The molecule has 0 amide bonds. The lowest BCUT2D eigenvalue weighted by atomic mass is 10.1. The molecule has 0 radical (unpaired) electrons. The van der Waals surface area contributed by atoms with E-state index in [1.807, 2.05) is 6.92 Å². The second-order valence-electron chi connectivity index (χ2n) is 4.50. The summed E-state index contributed by atoms with van der Waals surface area (Å²) in [6.45, 7) is 7.29. The van der Waals surface area contributed by atoms with E-state index in [2.05, 4.69) is 23.6 Å². The maximum Gasteiger partial charge on any atom is 0.0644 e.